The molecule has 2 rings (SSSR count). The second-order valence-electron chi connectivity index (χ2n) is 5.90. The number of aliphatic hydroxyl groups is 1. The first-order chi connectivity index (χ1) is 8.41. The van der Waals surface area contributed by atoms with Gasteiger partial charge in [-0.05, 0) is 40.7 Å². The summed E-state index contributed by atoms with van der Waals surface area (Å²) in [5, 5.41) is 15.0. The lowest BCUT2D eigenvalue weighted by Gasteiger charge is -2.40. The fourth-order valence-electron chi connectivity index (χ4n) is 2.70. The van der Waals surface area contributed by atoms with Crippen LogP contribution in [0.4, 0.5) is 0 Å². The Balaban J connectivity index is 2.10. The van der Waals surface area contributed by atoms with Crippen molar-refractivity contribution in [3.05, 3.63) is 12.2 Å². The van der Waals surface area contributed by atoms with Gasteiger partial charge in [-0.1, -0.05) is 0 Å². The molecule has 18 heavy (non-hydrogen) atoms. The Labute approximate surface area is 109 Å². The smallest absolute Gasteiger partial charge is 0.138 e. The topological polar surface area (TPSA) is 54.2 Å². The zero-order valence-electron chi connectivity index (χ0n) is 11.8. The van der Waals surface area contributed by atoms with Gasteiger partial charge in [-0.2, -0.15) is 5.10 Å². The molecule has 1 fully saturated rings. The molecule has 2 unspecified atom stereocenters. The van der Waals surface area contributed by atoms with Gasteiger partial charge in [0.1, 0.15) is 12.2 Å². The van der Waals surface area contributed by atoms with Crippen LogP contribution >= 0.6 is 0 Å². The van der Waals surface area contributed by atoms with Crippen molar-refractivity contribution in [2.24, 2.45) is 0 Å². The minimum atomic E-state index is -0.633. The number of hydrogen-bond acceptors (Lipinski definition) is 4. The Morgan fingerprint density at radius 2 is 2.28 bits per heavy atom. The highest BCUT2D eigenvalue weighted by Crippen LogP contribution is 2.29. The van der Waals surface area contributed by atoms with Crippen LogP contribution in [-0.4, -0.2) is 50.0 Å². The third-order valence-electron chi connectivity index (χ3n) is 3.98. The molecule has 1 aromatic heterocycles. The molecule has 102 valence electrons. The zero-order chi connectivity index (χ0) is 13.3. The Hall–Kier alpha value is -0.940. The van der Waals surface area contributed by atoms with Crippen LogP contribution < -0.4 is 0 Å². The van der Waals surface area contributed by atoms with E-state index in [1.165, 1.54) is 0 Å². The zero-order valence-corrected chi connectivity index (χ0v) is 11.8. The van der Waals surface area contributed by atoms with E-state index in [2.05, 4.69) is 42.8 Å². The molecule has 1 N–H and O–H groups in total. The molecule has 0 aliphatic carbocycles. The molecule has 0 saturated carbocycles. The molecule has 0 radical (unpaired) electrons. The van der Waals surface area contributed by atoms with E-state index in [1.807, 2.05) is 4.68 Å². The van der Waals surface area contributed by atoms with Crippen molar-refractivity contribution >= 4 is 0 Å². The van der Waals surface area contributed by atoms with Gasteiger partial charge in [-0.15, -0.1) is 0 Å². The maximum absolute atomic E-state index is 10.7. The number of piperidine rings is 1. The summed E-state index contributed by atoms with van der Waals surface area (Å²) >= 11 is 0. The third-order valence-corrected chi connectivity index (χ3v) is 3.98. The van der Waals surface area contributed by atoms with Gasteiger partial charge in [-0.25, -0.2) is 9.67 Å². The van der Waals surface area contributed by atoms with Crippen molar-refractivity contribution in [1.82, 2.24) is 19.7 Å². The number of hydrogen-bond donors (Lipinski definition) is 1. The molecule has 1 aliphatic heterocycles. The first kappa shape index (κ1) is 13.5. The normalized spacial score (nSPS) is 30.0. The Morgan fingerprint density at radius 1 is 1.56 bits per heavy atom. The Kier molecular flexibility index (Phi) is 3.73. The molecule has 0 spiro atoms. The first-order valence-corrected chi connectivity index (χ1v) is 6.72. The fourth-order valence-corrected chi connectivity index (χ4v) is 2.70. The van der Waals surface area contributed by atoms with Crippen molar-refractivity contribution in [3.8, 4) is 0 Å². The molecule has 0 bridgehead atoms. The lowest BCUT2D eigenvalue weighted by molar-refractivity contribution is -0.0374. The lowest BCUT2D eigenvalue weighted by atomic mass is 9.84. The molecule has 0 amide bonds. The number of rotatable bonds is 3. The molecule has 5 nitrogen and oxygen atoms in total. The van der Waals surface area contributed by atoms with E-state index in [9.17, 15) is 5.11 Å². The van der Waals surface area contributed by atoms with Gasteiger partial charge >= 0.3 is 0 Å². The van der Waals surface area contributed by atoms with Crippen LogP contribution in [0.2, 0.25) is 0 Å². The van der Waals surface area contributed by atoms with Gasteiger partial charge in [0.15, 0.2) is 0 Å². The molecular weight excluding hydrogens is 228 g/mol. The molecule has 2 heterocycles. The largest absolute Gasteiger partial charge is 0.389 e. The number of nitrogens with zero attached hydrogens (tertiary/aromatic N) is 4. The lowest BCUT2D eigenvalue weighted by Crippen LogP contribution is -2.49. The highest BCUT2D eigenvalue weighted by Gasteiger charge is 2.36. The summed E-state index contributed by atoms with van der Waals surface area (Å²) in [6, 6.07) is 0.703. The van der Waals surface area contributed by atoms with Crippen LogP contribution in [0.5, 0.6) is 0 Å². The molecule has 2 atom stereocenters. The van der Waals surface area contributed by atoms with Gasteiger partial charge in [0.05, 0.1) is 5.60 Å². The third kappa shape index (κ3) is 2.72. The Morgan fingerprint density at radius 3 is 2.89 bits per heavy atom. The first-order valence-electron chi connectivity index (χ1n) is 6.72. The standard InChI is InChI=1S/C13H24N4O/c1-10(2)17-12(14-9-15-17)8-13(18)5-6-16(4)11(3)7-13/h9-11,18H,5-8H2,1-4H3. The second-order valence-corrected chi connectivity index (χ2v) is 5.90. The molecular formula is C13H24N4O. The van der Waals surface area contributed by atoms with Crippen LogP contribution in [0.1, 0.15) is 45.5 Å². The van der Waals surface area contributed by atoms with E-state index in [-0.39, 0.29) is 6.04 Å². The summed E-state index contributed by atoms with van der Waals surface area (Å²) in [5.74, 6) is 0.893. The van der Waals surface area contributed by atoms with Crippen LogP contribution in [0, 0.1) is 0 Å². The maximum atomic E-state index is 10.7. The van der Waals surface area contributed by atoms with E-state index in [4.69, 9.17) is 0 Å². The molecule has 5 heteroatoms. The van der Waals surface area contributed by atoms with Crippen LogP contribution in [0.15, 0.2) is 6.33 Å². The predicted molar refractivity (Wildman–Crippen MR) is 70.4 cm³/mol. The quantitative estimate of drug-likeness (QED) is 0.879. The van der Waals surface area contributed by atoms with Gasteiger partial charge < -0.3 is 10.0 Å². The summed E-state index contributed by atoms with van der Waals surface area (Å²) in [4.78, 5) is 6.59. The summed E-state index contributed by atoms with van der Waals surface area (Å²) in [5.41, 5.74) is -0.633. The van der Waals surface area contributed by atoms with Crippen molar-refractivity contribution in [3.63, 3.8) is 0 Å². The molecule has 1 saturated heterocycles. The number of likely N-dealkylation sites (tertiary alicyclic amines) is 1. The van der Waals surface area contributed by atoms with E-state index < -0.39 is 5.60 Å². The molecule has 1 aromatic rings. The van der Waals surface area contributed by atoms with E-state index in [1.54, 1.807) is 6.33 Å². The minimum Gasteiger partial charge on any atom is -0.389 e. The maximum Gasteiger partial charge on any atom is 0.138 e. The predicted octanol–water partition coefficient (Wildman–Crippen LogP) is 1.25. The van der Waals surface area contributed by atoms with E-state index in [0.717, 1.165) is 25.2 Å². The van der Waals surface area contributed by atoms with Crippen molar-refractivity contribution in [2.45, 2.75) is 57.7 Å². The average molecular weight is 252 g/mol. The van der Waals surface area contributed by atoms with Crippen molar-refractivity contribution < 1.29 is 5.11 Å². The Bertz CT molecular complexity index is 403. The molecule has 1 aliphatic rings. The van der Waals surface area contributed by atoms with Crippen molar-refractivity contribution in [1.29, 1.82) is 0 Å². The van der Waals surface area contributed by atoms with Gasteiger partial charge in [0.25, 0.3) is 0 Å². The summed E-state index contributed by atoms with van der Waals surface area (Å²) in [6.45, 7) is 7.27. The van der Waals surface area contributed by atoms with Gasteiger partial charge in [-0.3, -0.25) is 0 Å². The van der Waals surface area contributed by atoms with Gasteiger partial charge in [0.2, 0.25) is 0 Å². The molecule has 0 aromatic carbocycles. The monoisotopic (exact) mass is 252 g/mol. The van der Waals surface area contributed by atoms with Crippen LogP contribution in [-0.2, 0) is 6.42 Å². The van der Waals surface area contributed by atoms with Gasteiger partial charge in [0, 0.05) is 25.0 Å². The minimum absolute atomic E-state index is 0.287. The number of aromatic nitrogens is 3. The fraction of sp³-hybridized carbons (Fsp3) is 0.846. The van der Waals surface area contributed by atoms with Crippen LogP contribution in [0.3, 0.4) is 0 Å². The summed E-state index contributed by atoms with van der Waals surface area (Å²) < 4.78 is 1.90. The summed E-state index contributed by atoms with van der Waals surface area (Å²) in [6.07, 6.45) is 3.79. The summed E-state index contributed by atoms with van der Waals surface area (Å²) in [7, 11) is 2.11. The van der Waals surface area contributed by atoms with Crippen LogP contribution in [0.25, 0.3) is 0 Å². The second kappa shape index (κ2) is 4.97. The SMILES string of the molecule is CC1CC(O)(Cc2ncnn2C(C)C)CCN1C. The van der Waals surface area contributed by atoms with E-state index in [0.29, 0.717) is 12.5 Å². The highest BCUT2D eigenvalue weighted by atomic mass is 16.3. The van der Waals surface area contributed by atoms with Crippen molar-refractivity contribution in [2.75, 3.05) is 13.6 Å². The average Bonchev–Trinajstić information content (AvgIpc) is 2.72. The van der Waals surface area contributed by atoms with E-state index >= 15 is 0 Å². The highest BCUT2D eigenvalue weighted by molar-refractivity contribution is 4.99.